The molecule has 0 radical (unpaired) electrons. The maximum absolute atomic E-state index is 11.7. The molecule has 10 heteroatoms. The van der Waals surface area contributed by atoms with Crippen molar-refractivity contribution in [3.8, 4) is 0 Å². The van der Waals surface area contributed by atoms with Crippen LogP contribution in [0.1, 0.15) is 16.8 Å². The fraction of sp³-hybridized carbons (Fsp3) is 0.385. The highest BCUT2D eigenvalue weighted by molar-refractivity contribution is 7.89. The molecule has 0 aliphatic carbocycles. The number of anilines is 1. The summed E-state index contributed by atoms with van der Waals surface area (Å²) < 4.78 is 30.1. The Morgan fingerprint density at radius 2 is 2.04 bits per heavy atom. The lowest BCUT2D eigenvalue weighted by Gasteiger charge is -2.08. The molecule has 0 atom stereocenters. The first kappa shape index (κ1) is 19.4. The van der Waals surface area contributed by atoms with Gasteiger partial charge in [0.05, 0.1) is 22.9 Å². The zero-order valence-corrected chi connectivity index (χ0v) is 13.9. The van der Waals surface area contributed by atoms with Gasteiger partial charge in [-0.3, -0.25) is 4.79 Å². The summed E-state index contributed by atoms with van der Waals surface area (Å²) in [5.74, 6) is -1.93. The van der Waals surface area contributed by atoms with Crippen molar-refractivity contribution in [3.63, 3.8) is 0 Å². The summed E-state index contributed by atoms with van der Waals surface area (Å²) in [5, 5.41) is 11.2. The predicted octanol–water partition coefficient (Wildman–Crippen LogP) is 0.933. The normalized spacial score (nSPS) is 11.2. The first-order chi connectivity index (χ1) is 10.7. The number of rotatable bonds is 9. The molecule has 0 fully saturated rings. The van der Waals surface area contributed by atoms with Gasteiger partial charge in [-0.15, -0.1) is 0 Å². The van der Waals surface area contributed by atoms with Crippen molar-refractivity contribution in [1.29, 1.82) is 0 Å². The number of aromatic carboxylic acids is 1. The van der Waals surface area contributed by atoms with E-state index in [2.05, 4.69) is 10.0 Å². The number of amides is 1. The summed E-state index contributed by atoms with van der Waals surface area (Å²) >= 11 is 5.77. The minimum Gasteiger partial charge on any atom is -0.478 e. The third-order valence-corrected chi connectivity index (χ3v) is 4.42. The lowest BCUT2D eigenvalue weighted by atomic mass is 10.2. The van der Waals surface area contributed by atoms with E-state index >= 15 is 0 Å². The molecule has 1 aromatic carbocycles. The van der Waals surface area contributed by atoms with E-state index in [0.717, 1.165) is 0 Å². The number of carbonyl (C=O) groups is 2. The Hall–Kier alpha value is -1.68. The molecule has 0 aliphatic heterocycles. The molecule has 0 heterocycles. The zero-order valence-electron chi connectivity index (χ0n) is 12.3. The summed E-state index contributed by atoms with van der Waals surface area (Å²) in [4.78, 5) is 22.5. The number of hydrogen-bond donors (Lipinski definition) is 3. The molecule has 3 N–H and O–H groups in total. The van der Waals surface area contributed by atoms with Crippen LogP contribution >= 0.6 is 11.6 Å². The molecule has 0 aromatic heterocycles. The highest BCUT2D eigenvalue weighted by Gasteiger charge is 2.13. The Bertz CT molecular complexity index is 677. The second-order valence-corrected chi connectivity index (χ2v) is 6.87. The Kier molecular flexibility index (Phi) is 7.43. The first-order valence-corrected chi connectivity index (χ1v) is 8.57. The number of halogens is 1. The Labute approximate surface area is 138 Å². The van der Waals surface area contributed by atoms with E-state index in [1.807, 2.05) is 0 Å². The molecular formula is C13H17ClN2O6S. The Morgan fingerprint density at radius 1 is 1.35 bits per heavy atom. The second kappa shape index (κ2) is 8.82. The van der Waals surface area contributed by atoms with Crippen molar-refractivity contribution in [2.75, 3.05) is 31.3 Å². The number of carboxylic acids is 1. The maximum atomic E-state index is 11.7. The van der Waals surface area contributed by atoms with Crippen molar-refractivity contribution in [1.82, 2.24) is 4.72 Å². The topological polar surface area (TPSA) is 122 Å². The highest BCUT2D eigenvalue weighted by atomic mass is 35.5. The van der Waals surface area contributed by atoms with Gasteiger partial charge in [-0.05, 0) is 24.6 Å². The number of nitrogens with one attached hydrogen (secondary N) is 2. The standard InChI is InChI=1S/C13H17ClN2O6S/c1-22-5-2-6-23(20,21)15-8-12(17)16-9-3-4-10(13(18)19)11(14)7-9/h3-4,7,15H,2,5-6,8H2,1H3,(H,16,17)(H,18,19). The molecule has 0 saturated heterocycles. The van der Waals surface area contributed by atoms with E-state index in [9.17, 15) is 18.0 Å². The van der Waals surface area contributed by atoms with Crippen LogP contribution in [-0.2, 0) is 19.6 Å². The molecular weight excluding hydrogens is 348 g/mol. The molecule has 0 spiro atoms. The second-order valence-electron chi connectivity index (χ2n) is 4.53. The van der Waals surface area contributed by atoms with E-state index in [-0.39, 0.29) is 22.0 Å². The van der Waals surface area contributed by atoms with E-state index < -0.39 is 28.4 Å². The summed E-state index contributed by atoms with van der Waals surface area (Å²) in [7, 11) is -2.10. The van der Waals surface area contributed by atoms with Gasteiger partial charge in [0.2, 0.25) is 15.9 Å². The van der Waals surface area contributed by atoms with Gasteiger partial charge < -0.3 is 15.2 Å². The number of carbonyl (C=O) groups excluding carboxylic acids is 1. The summed E-state index contributed by atoms with van der Waals surface area (Å²) in [6.07, 6.45) is 0.319. The van der Waals surface area contributed by atoms with Crippen LogP contribution in [0.15, 0.2) is 18.2 Å². The van der Waals surface area contributed by atoms with Crippen LogP contribution in [0, 0.1) is 0 Å². The molecule has 0 aliphatic rings. The number of hydrogen-bond acceptors (Lipinski definition) is 5. The minimum absolute atomic E-state index is 0.0320. The van der Waals surface area contributed by atoms with E-state index in [1.165, 1.54) is 25.3 Å². The fourth-order valence-corrected chi connectivity index (χ4v) is 2.87. The van der Waals surface area contributed by atoms with E-state index in [0.29, 0.717) is 13.0 Å². The van der Waals surface area contributed by atoms with Gasteiger partial charge in [-0.25, -0.2) is 17.9 Å². The molecule has 0 saturated carbocycles. The third-order valence-electron chi connectivity index (χ3n) is 2.70. The van der Waals surface area contributed by atoms with Crippen LogP contribution in [0.5, 0.6) is 0 Å². The largest absolute Gasteiger partial charge is 0.478 e. The number of sulfonamides is 1. The van der Waals surface area contributed by atoms with Gasteiger partial charge >= 0.3 is 5.97 Å². The van der Waals surface area contributed by atoms with Gasteiger partial charge in [0.25, 0.3) is 0 Å². The minimum atomic E-state index is -3.56. The van der Waals surface area contributed by atoms with Gasteiger partial charge in [0, 0.05) is 19.4 Å². The Morgan fingerprint density at radius 3 is 2.61 bits per heavy atom. The Balaban J connectivity index is 2.54. The molecule has 1 aromatic rings. The smallest absolute Gasteiger partial charge is 0.337 e. The molecule has 1 rings (SSSR count). The maximum Gasteiger partial charge on any atom is 0.337 e. The predicted molar refractivity (Wildman–Crippen MR) is 85.3 cm³/mol. The molecule has 8 nitrogen and oxygen atoms in total. The first-order valence-electron chi connectivity index (χ1n) is 6.54. The van der Waals surface area contributed by atoms with Crippen molar-refractivity contribution < 1.29 is 27.9 Å². The summed E-state index contributed by atoms with van der Waals surface area (Å²) in [5.41, 5.74) is 0.173. The number of methoxy groups -OCH3 is 1. The van der Waals surface area contributed by atoms with Crippen LogP contribution in [0.4, 0.5) is 5.69 Å². The van der Waals surface area contributed by atoms with Crippen molar-refractivity contribution in [2.24, 2.45) is 0 Å². The third kappa shape index (κ3) is 6.95. The van der Waals surface area contributed by atoms with Crippen LogP contribution in [0.25, 0.3) is 0 Å². The van der Waals surface area contributed by atoms with Crippen molar-refractivity contribution in [2.45, 2.75) is 6.42 Å². The SMILES string of the molecule is COCCCS(=O)(=O)NCC(=O)Nc1ccc(C(=O)O)c(Cl)c1. The van der Waals surface area contributed by atoms with E-state index in [1.54, 1.807) is 0 Å². The molecule has 1 amide bonds. The summed E-state index contributed by atoms with van der Waals surface area (Å²) in [6.45, 7) is -0.130. The van der Waals surface area contributed by atoms with Crippen LogP contribution in [-0.4, -0.2) is 51.4 Å². The quantitative estimate of drug-likeness (QED) is 0.560. The van der Waals surface area contributed by atoms with Gasteiger partial charge in [0.1, 0.15) is 0 Å². The fourth-order valence-electron chi connectivity index (χ4n) is 1.61. The van der Waals surface area contributed by atoms with Gasteiger partial charge in [-0.1, -0.05) is 11.6 Å². The molecule has 0 bridgehead atoms. The number of ether oxygens (including phenoxy) is 1. The number of carboxylic acid groups (broad SMARTS) is 1. The monoisotopic (exact) mass is 364 g/mol. The highest BCUT2D eigenvalue weighted by Crippen LogP contribution is 2.20. The van der Waals surface area contributed by atoms with Crippen molar-refractivity contribution in [3.05, 3.63) is 28.8 Å². The van der Waals surface area contributed by atoms with Crippen molar-refractivity contribution >= 4 is 39.2 Å². The number of benzene rings is 1. The lowest BCUT2D eigenvalue weighted by molar-refractivity contribution is -0.115. The zero-order chi connectivity index (χ0) is 17.5. The van der Waals surface area contributed by atoms with Gasteiger partial charge in [-0.2, -0.15) is 0 Å². The van der Waals surface area contributed by atoms with Gasteiger partial charge in [0.15, 0.2) is 0 Å². The van der Waals surface area contributed by atoms with E-state index in [4.69, 9.17) is 21.4 Å². The average molecular weight is 365 g/mol. The van der Waals surface area contributed by atoms with Crippen LogP contribution in [0.3, 0.4) is 0 Å². The molecule has 23 heavy (non-hydrogen) atoms. The molecule has 128 valence electrons. The lowest BCUT2D eigenvalue weighted by Crippen LogP contribution is -2.34. The van der Waals surface area contributed by atoms with Crippen LogP contribution < -0.4 is 10.0 Å². The average Bonchev–Trinajstić information content (AvgIpc) is 2.45. The summed E-state index contributed by atoms with van der Waals surface area (Å²) in [6, 6.07) is 3.88. The molecule has 0 unspecified atom stereocenters. The van der Waals surface area contributed by atoms with Crippen LogP contribution in [0.2, 0.25) is 5.02 Å².